The van der Waals surface area contributed by atoms with Crippen LogP contribution in [-0.2, 0) is 10.0 Å². The first kappa shape index (κ1) is 15.4. The van der Waals surface area contributed by atoms with E-state index in [2.05, 4.69) is 0 Å². The fourth-order valence-electron chi connectivity index (χ4n) is 0.994. The molecule has 0 fully saturated rings. The molecule has 0 atom stereocenters. The summed E-state index contributed by atoms with van der Waals surface area (Å²) in [5.74, 6) is 0.791. The molecule has 1 rings (SSSR count). The van der Waals surface area contributed by atoms with Gasteiger partial charge in [-0.1, -0.05) is 0 Å². The van der Waals surface area contributed by atoms with Gasteiger partial charge in [0, 0.05) is 6.07 Å². The summed E-state index contributed by atoms with van der Waals surface area (Å²) in [6.07, 6.45) is 0. The van der Waals surface area contributed by atoms with Crippen molar-refractivity contribution in [3.63, 3.8) is 0 Å². The number of methoxy groups -OCH3 is 2. The molecule has 2 N–H and O–H groups in total. The topological polar surface area (TPSA) is 78.6 Å². The van der Waals surface area contributed by atoms with E-state index in [4.69, 9.17) is 14.6 Å². The average Bonchev–Trinajstić information content (AvgIpc) is 2.15. The molecular formula is C8H12KNO4S. The Bertz CT molecular complexity index is 438. The second-order valence-electron chi connectivity index (χ2n) is 2.56. The molecule has 80 valence electrons. The summed E-state index contributed by atoms with van der Waals surface area (Å²) in [4.78, 5) is -0.00449. The minimum Gasteiger partial charge on any atom is -1.00 e. The molecule has 0 aliphatic rings. The van der Waals surface area contributed by atoms with Gasteiger partial charge in [-0.05, 0) is 12.1 Å². The third kappa shape index (κ3) is 4.02. The van der Waals surface area contributed by atoms with Gasteiger partial charge in [-0.3, -0.25) is 0 Å². The summed E-state index contributed by atoms with van der Waals surface area (Å²) < 4.78 is 31.8. The average molecular weight is 257 g/mol. The number of benzene rings is 1. The van der Waals surface area contributed by atoms with Crippen molar-refractivity contribution in [3.8, 4) is 11.5 Å². The van der Waals surface area contributed by atoms with Crippen LogP contribution in [0, 0.1) is 0 Å². The Labute approximate surface area is 133 Å². The van der Waals surface area contributed by atoms with Crippen LogP contribution in [0.2, 0.25) is 0 Å². The van der Waals surface area contributed by atoms with Crippen LogP contribution in [0.3, 0.4) is 0 Å². The number of hydrogen-bond donors (Lipinski definition) is 1. The Balaban J connectivity index is 0. The van der Waals surface area contributed by atoms with E-state index in [0.717, 1.165) is 0 Å². The molecule has 0 saturated carbocycles. The van der Waals surface area contributed by atoms with E-state index in [0.29, 0.717) is 11.5 Å². The van der Waals surface area contributed by atoms with Crippen LogP contribution in [0.4, 0.5) is 0 Å². The summed E-state index contributed by atoms with van der Waals surface area (Å²) in [5, 5.41) is 4.95. The number of sulfonamides is 1. The van der Waals surface area contributed by atoms with Gasteiger partial charge >= 0.3 is 51.4 Å². The van der Waals surface area contributed by atoms with Crippen LogP contribution in [0.1, 0.15) is 1.43 Å². The number of hydrogen-bond acceptors (Lipinski definition) is 4. The third-order valence-electron chi connectivity index (χ3n) is 1.68. The summed E-state index contributed by atoms with van der Waals surface area (Å²) >= 11 is 0. The number of primary sulfonamides is 1. The smallest absolute Gasteiger partial charge is 1.00 e. The fraction of sp³-hybridized carbons (Fsp3) is 0.250. The van der Waals surface area contributed by atoms with Crippen LogP contribution < -0.4 is 66.0 Å². The van der Waals surface area contributed by atoms with Crippen LogP contribution in [-0.4, -0.2) is 22.6 Å². The molecule has 1 aromatic carbocycles. The predicted octanol–water partition coefficient (Wildman–Crippen LogP) is -2.53. The minimum absolute atomic E-state index is 0. The molecular weight excluding hydrogens is 245 g/mol. The molecule has 0 heterocycles. The van der Waals surface area contributed by atoms with Crippen molar-refractivity contribution in [2.45, 2.75) is 4.90 Å². The van der Waals surface area contributed by atoms with Gasteiger partial charge in [0.15, 0.2) is 11.5 Å². The van der Waals surface area contributed by atoms with Gasteiger partial charge in [-0.2, -0.15) is 0 Å². The molecule has 0 saturated heterocycles. The zero-order chi connectivity index (χ0) is 10.8. The van der Waals surface area contributed by atoms with E-state index >= 15 is 0 Å². The Hall–Kier alpha value is 0.366. The van der Waals surface area contributed by atoms with Crippen LogP contribution >= 0.6 is 0 Å². The first-order valence-corrected chi connectivity index (χ1v) is 5.28. The molecule has 0 radical (unpaired) electrons. The number of ether oxygens (including phenoxy) is 2. The van der Waals surface area contributed by atoms with Crippen molar-refractivity contribution in [2.75, 3.05) is 14.2 Å². The first-order valence-electron chi connectivity index (χ1n) is 3.74. The van der Waals surface area contributed by atoms with Gasteiger partial charge in [-0.25, -0.2) is 13.6 Å². The van der Waals surface area contributed by atoms with Gasteiger partial charge < -0.3 is 10.9 Å². The van der Waals surface area contributed by atoms with E-state index in [1.165, 1.54) is 32.4 Å². The van der Waals surface area contributed by atoms with E-state index in [1.54, 1.807) is 0 Å². The van der Waals surface area contributed by atoms with Crippen molar-refractivity contribution >= 4 is 10.0 Å². The molecule has 15 heavy (non-hydrogen) atoms. The van der Waals surface area contributed by atoms with Gasteiger partial charge in [0.05, 0.1) is 19.1 Å². The number of rotatable bonds is 3. The molecule has 7 heteroatoms. The normalized spacial score (nSPS) is 10.3. The Morgan fingerprint density at radius 3 is 2.13 bits per heavy atom. The largest absolute Gasteiger partial charge is 1.00 e. The van der Waals surface area contributed by atoms with Crippen molar-refractivity contribution in [1.29, 1.82) is 0 Å². The molecule has 0 aliphatic heterocycles. The van der Waals surface area contributed by atoms with E-state index < -0.39 is 10.0 Å². The summed E-state index contributed by atoms with van der Waals surface area (Å²) in [7, 11) is -0.808. The van der Waals surface area contributed by atoms with E-state index in [9.17, 15) is 8.42 Å². The van der Waals surface area contributed by atoms with Crippen molar-refractivity contribution < 1.29 is 70.7 Å². The molecule has 0 spiro atoms. The standard InChI is InChI=1S/C8H11NO4S.K.H/c1-12-7-4-3-6(14(9,10)11)5-8(7)13-2;;/h3-5H,1-2H3,(H2,9,10,11);;/q;+1;-1. The zero-order valence-corrected chi connectivity index (χ0v) is 12.8. The van der Waals surface area contributed by atoms with Crippen LogP contribution in [0.15, 0.2) is 23.1 Å². The maximum atomic E-state index is 11.0. The Morgan fingerprint density at radius 2 is 1.73 bits per heavy atom. The first-order chi connectivity index (χ1) is 6.49. The van der Waals surface area contributed by atoms with Gasteiger partial charge in [-0.15, -0.1) is 0 Å². The number of nitrogens with two attached hydrogens (primary N) is 1. The third-order valence-corrected chi connectivity index (χ3v) is 2.59. The SMILES string of the molecule is COc1ccc(S(N)(=O)=O)cc1OC.[H-].[K+]. The Kier molecular flexibility index (Phi) is 6.34. The monoisotopic (exact) mass is 257 g/mol. The summed E-state index contributed by atoms with van der Waals surface area (Å²) in [6.45, 7) is 0. The molecule has 0 bridgehead atoms. The maximum absolute atomic E-state index is 11.0. The summed E-state index contributed by atoms with van der Waals surface area (Å²) in [6, 6.07) is 4.16. The Morgan fingerprint density at radius 1 is 1.20 bits per heavy atom. The van der Waals surface area contributed by atoms with Crippen molar-refractivity contribution in [2.24, 2.45) is 5.14 Å². The second-order valence-corrected chi connectivity index (χ2v) is 4.12. The van der Waals surface area contributed by atoms with Crippen LogP contribution in [0.25, 0.3) is 0 Å². The second kappa shape index (κ2) is 6.19. The van der Waals surface area contributed by atoms with E-state index in [-0.39, 0.29) is 57.7 Å². The van der Waals surface area contributed by atoms with Gasteiger partial charge in [0.25, 0.3) is 0 Å². The zero-order valence-electron chi connectivity index (χ0n) is 9.85. The van der Waals surface area contributed by atoms with Gasteiger partial charge in [0.1, 0.15) is 0 Å². The minimum atomic E-state index is -3.70. The van der Waals surface area contributed by atoms with Crippen molar-refractivity contribution in [3.05, 3.63) is 18.2 Å². The quantitative estimate of drug-likeness (QED) is 0.606. The molecule has 5 nitrogen and oxygen atoms in total. The molecule has 0 unspecified atom stereocenters. The molecule has 1 aromatic rings. The van der Waals surface area contributed by atoms with E-state index in [1.807, 2.05) is 0 Å². The fourth-order valence-corrected chi connectivity index (χ4v) is 1.52. The predicted molar refractivity (Wildman–Crippen MR) is 52.0 cm³/mol. The molecule has 0 aliphatic carbocycles. The van der Waals surface area contributed by atoms with Crippen LogP contribution in [0.5, 0.6) is 11.5 Å². The van der Waals surface area contributed by atoms with Crippen molar-refractivity contribution in [1.82, 2.24) is 0 Å². The molecule has 0 amide bonds. The molecule has 0 aromatic heterocycles. The summed E-state index contributed by atoms with van der Waals surface area (Å²) in [5.41, 5.74) is 0. The maximum Gasteiger partial charge on any atom is 1.00 e. The van der Waals surface area contributed by atoms with Gasteiger partial charge in [0.2, 0.25) is 10.0 Å².